The van der Waals surface area contributed by atoms with E-state index in [-0.39, 0.29) is 4.91 Å². The third kappa shape index (κ3) is 4.24. The third-order valence-corrected chi connectivity index (χ3v) is 5.25. The zero-order valence-electron chi connectivity index (χ0n) is 14.7. The van der Waals surface area contributed by atoms with Gasteiger partial charge in [0.1, 0.15) is 0 Å². The zero-order chi connectivity index (χ0) is 18.5. The van der Waals surface area contributed by atoms with Crippen molar-refractivity contribution < 1.29 is 8.42 Å². The summed E-state index contributed by atoms with van der Waals surface area (Å²) in [7, 11) is -3.73. The summed E-state index contributed by atoms with van der Waals surface area (Å²) in [5.74, 6) is 0. The lowest BCUT2D eigenvalue weighted by atomic mass is 10.2. The SMILES string of the molecule is C=C/C(=C\C=C(C)C)S(=O)(=O)n1cc(C)c2cc(Br)cnc21.CC. The van der Waals surface area contributed by atoms with E-state index in [1.54, 1.807) is 24.5 Å². The first kappa shape index (κ1) is 20.4. The zero-order valence-corrected chi connectivity index (χ0v) is 17.1. The Morgan fingerprint density at radius 1 is 1.29 bits per heavy atom. The largest absolute Gasteiger partial charge is 0.269 e. The van der Waals surface area contributed by atoms with Crippen LogP contribution in [0.2, 0.25) is 0 Å². The summed E-state index contributed by atoms with van der Waals surface area (Å²) in [5.41, 5.74) is 2.26. The van der Waals surface area contributed by atoms with Crippen LogP contribution in [0.5, 0.6) is 0 Å². The molecular formula is C18H23BrN2O2S. The molecule has 0 fully saturated rings. The Morgan fingerprint density at radius 3 is 2.46 bits per heavy atom. The smallest absolute Gasteiger partial charge is 0.236 e. The van der Waals surface area contributed by atoms with Crippen LogP contribution in [0.3, 0.4) is 0 Å². The Labute approximate surface area is 152 Å². The molecule has 0 aliphatic carbocycles. The molecule has 0 atom stereocenters. The van der Waals surface area contributed by atoms with Crippen molar-refractivity contribution in [3.8, 4) is 0 Å². The molecule has 6 heteroatoms. The van der Waals surface area contributed by atoms with Crippen LogP contribution in [0.15, 0.2) is 58.2 Å². The highest BCUT2D eigenvalue weighted by atomic mass is 79.9. The van der Waals surface area contributed by atoms with Gasteiger partial charge in [0.25, 0.3) is 10.0 Å². The van der Waals surface area contributed by atoms with Crippen LogP contribution < -0.4 is 0 Å². The standard InChI is InChI=1S/C16H17BrN2O2S.C2H6/c1-5-14(7-6-11(2)3)22(20,21)19-10-12(4)15-8-13(17)9-18-16(15)19;1-2/h5-10H,1H2,2-4H3;1-2H3/b14-7+;. The maximum atomic E-state index is 12.8. The van der Waals surface area contributed by atoms with Gasteiger partial charge in [-0.2, -0.15) is 0 Å². The minimum absolute atomic E-state index is 0.135. The Morgan fingerprint density at radius 2 is 1.92 bits per heavy atom. The second-order valence-corrected chi connectivity index (χ2v) is 7.89. The van der Waals surface area contributed by atoms with E-state index in [0.717, 1.165) is 21.0 Å². The van der Waals surface area contributed by atoms with Gasteiger partial charge >= 0.3 is 0 Å². The van der Waals surface area contributed by atoms with Gasteiger partial charge in [-0.15, -0.1) is 0 Å². The topological polar surface area (TPSA) is 52.0 Å². The highest BCUT2D eigenvalue weighted by molar-refractivity contribution is 9.10. The maximum Gasteiger partial charge on any atom is 0.269 e. The molecule has 0 aliphatic heterocycles. The summed E-state index contributed by atoms with van der Waals surface area (Å²) >= 11 is 3.35. The van der Waals surface area contributed by atoms with Gasteiger partial charge in [-0.25, -0.2) is 17.4 Å². The summed E-state index contributed by atoms with van der Waals surface area (Å²) in [4.78, 5) is 4.37. The monoisotopic (exact) mass is 410 g/mol. The van der Waals surface area contributed by atoms with Gasteiger partial charge in [0.15, 0.2) is 5.65 Å². The van der Waals surface area contributed by atoms with Gasteiger partial charge in [-0.3, -0.25) is 0 Å². The molecule has 4 nitrogen and oxygen atoms in total. The fourth-order valence-corrected chi connectivity index (χ4v) is 3.69. The van der Waals surface area contributed by atoms with Crippen molar-refractivity contribution in [1.82, 2.24) is 8.96 Å². The predicted molar refractivity (Wildman–Crippen MR) is 106 cm³/mol. The molecule has 0 saturated carbocycles. The number of hydrogen-bond donors (Lipinski definition) is 0. The van der Waals surface area contributed by atoms with Gasteiger partial charge in [-0.1, -0.05) is 32.1 Å². The predicted octanol–water partition coefficient (Wildman–Crippen LogP) is 5.35. The molecule has 0 radical (unpaired) electrons. The molecular weight excluding hydrogens is 388 g/mol. The molecule has 0 spiro atoms. The van der Waals surface area contributed by atoms with E-state index in [2.05, 4.69) is 27.5 Å². The highest BCUT2D eigenvalue weighted by Gasteiger charge is 2.21. The first-order valence-corrected chi connectivity index (χ1v) is 9.87. The summed E-state index contributed by atoms with van der Waals surface area (Å²) < 4.78 is 27.7. The number of nitrogens with zero attached hydrogens (tertiary/aromatic N) is 2. The van der Waals surface area contributed by atoms with E-state index >= 15 is 0 Å². The number of halogens is 1. The number of aryl methyl sites for hydroxylation is 1. The highest BCUT2D eigenvalue weighted by Crippen LogP contribution is 2.26. The van der Waals surface area contributed by atoms with Crippen molar-refractivity contribution in [2.75, 3.05) is 0 Å². The molecule has 0 saturated heterocycles. The Bertz CT molecular complexity index is 902. The van der Waals surface area contributed by atoms with Crippen LogP contribution in [0.1, 0.15) is 33.3 Å². The quantitative estimate of drug-likeness (QED) is 0.638. The third-order valence-electron chi connectivity index (χ3n) is 3.12. The fraction of sp³-hybridized carbons (Fsp3) is 0.278. The summed E-state index contributed by atoms with van der Waals surface area (Å²) in [6.45, 7) is 13.3. The maximum absolute atomic E-state index is 12.8. The molecule has 0 aromatic carbocycles. The normalized spacial score (nSPS) is 11.7. The molecule has 0 unspecified atom stereocenters. The van der Waals surface area contributed by atoms with Gasteiger partial charge in [0, 0.05) is 22.3 Å². The molecule has 130 valence electrons. The molecule has 0 amide bonds. The molecule has 24 heavy (non-hydrogen) atoms. The van der Waals surface area contributed by atoms with Gasteiger partial charge in [0.2, 0.25) is 0 Å². The van der Waals surface area contributed by atoms with Gasteiger partial charge in [-0.05, 0) is 60.5 Å². The van der Waals surface area contributed by atoms with E-state index in [1.807, 2.05) is 40.7 Å². The molecule has 0 aliphatic rings. The van der Waals surface area contributed by atoms with Crippen LogP contribution in [0.25, 0.3) is 11.0 Å². The van der Waals surface area contributed by atoms with Crippen LogP contribution in [0.4, 0.5) is 0 Å². The Balaban J connectivity index is 0.00000139. The van der Waals surface area contributed by atoms with Crippen LogP contribution in [-0.4, -0.2) is 17.4 Å². The number of fused-ring (bicyclic) bond motifs is 1. The molecule has 2 aromatic rings. The summed E-state index contributed by atoms with van der Waals surface area (Å²) in [6, 6.07) is 1.86. The number of hydrogen-bond acceptors (Lipinski definition) is 3. The number of aromatic nitrogens is 2. The van der Waals surface area contributed by atoms with E-state index in [1.165, 1.54) is 10.0 Å². The molecule has 2 aromatic heterocycles. The minimum atomic E-state index is -3.73. The van der Waals surface area contributed by atoms with Crippen molar-refractivity contribution in [1.29, 1.82) is 0 Å². The summed E-state index contributed by atoms with van der Waals surface area (Å²) in [5, 5.41) is 0.795. The lowest BCUT2D eigenvalue weighted by molar-refractivity contribution is 0.596. The average molecular weight is 411 g/mol. The minimum Gasteiger partial charge on any atom is -0.236 e. The van der Waals surface area contributed by atoms with E-state index in [4.69, 9.17) is 0 Å². The van der Waals surface area contributed by atoms with E-state index < -0.39 is 10.0 Å². The van der Waals surface area contributed by atoms with Crippen LogP contribution in [-0.2, 0) is 10.0 Å². The second-order valence-electron chi connectivity index (χ2n) is 5.15. The molecule has 2 rings (SSSR count). The first-order valence-electron chi connectivity index (χ1n) is 7.63. The van der Waals surface area contributed by atoms with Crippen molar-refractivity contribution in [2.24, 2.45) is 0 Å². The average Bonchev–Trinajstić information content (AvgIpc) is 2.87. The Hall–Kier alpha value is -1.66. The molecule has 0 N–H and O–H groups in total. The first-order chi connectivity index (χ1) is 11.3. The van der Waals surface area contributed by atoms with E-state index in [0.29, 0.717) is 5.65 Å². The lowest BCUT2D eigenvalue weighted by Crippen LogP contribution is -2.13. The summed E-state index contributed by atoms with van der Waals surface area (Å²) in [6.07, 6.45) is 7.81. The fourth-order valence-electron chi connectivity index (χ4n) is 2.01. The van der Waals surface area contributed by atoms with Crippen molar-refractivity contribution in [3.05, 3.63) is 63.8 Å². The van der Waals surface area contributed by atoms with Gasteiger partial charge in [0.05, 0.1) is 4.91 Å². The molecule has 2 heterocycles. The number of rotatable bonds is 4. The molecule has 0 bridgehead atoms. The second kappa shape index (κ2) is 8.44. The number of pyridine rings is 1. The Kier molecular flexibility index (Phi) is 7.17. The van der Waals surface area contributed by atoms with Crippen molar-refractivity contribution in [3.63, 3.8) is 0 Å². The van der Waals surface area contributed by atoms with Crippen LogP contribution in [0, 0.1) is 6.92 Å². The lowest BCUT2D eigenvalue weighted by Gasteiger charge is -2.07. The van der Waals surface area contributed by atoms with E-state index in [9.17, 15) is 8.42 Å². The van der Waals surface area contributed by atoms with Crippen molar-refractivity contribution >= 4 is 37.0 Å². The van der Waals surface area contributed by atoms with Crippen molar-refractivity contribution in [2.45, 2.75) is 34.6 Å². The van der Waals surface area contributed by atoms with Crippen LogP contribution >= 0.6 is 15.9 Å². The number of allylic oxidation sites excluding steroid dienone is 4. The van der Waals surface area contributed by atoms with Gasteiger partial charge < -0.3 is 0 Å².